The number of rotatable bonds is 31. The summed E-state index contributed by atoms with van der Waals surface area (Å²) >= 11 is 0. The lowest BCUT2D eigenvalue weighted by Gasteiger charge is -2.41. The summed E-state index contributed by atoms with van der Waals surface area (Å²) in [5, 5.41) is 27.3. The van der Waals surface area contributed by atoms with Crippen LogP contribution in [0.4, 0.5) is 0 Å². The Kier molecular flexibility index (Phi) is 21.9. The number of carbonyl (C=O) groups excluding carboxylic acids is 6. The van der Waals surface area contributed by atoms with Gasteiger partial charge in [-0.3, -0.25) is 43.0 Å². The zero-order valence-electron chi connectivity index (χ0n) is 44.7. The number of benzene rings is 1. The number of fused-ring (bicyclic) bond motifs is 2. The van der Waals surface area contributed by atoms with Crippen LogP contribution >= 0.6 is 0 Å². The highest BCUT2D eigenvalue weighted by Crippen LogP contribution is 2.44. The molecule has 0 spiro atoms. The molecule has 1 aromatic heterocycles. The van der Waals surface area contributed by atoms with E-state index in [1.165, 1.54) is 14.2 Å². The number of likely N-dealkylation sites (N-methyl/N-ethyl adjacent to an activating group) is 1. The van der Waals surface area contributed by atoms with Gasteiger partial charge in [-0.15, -0.1) is 5.10 Å². The molecular formula is C55H82N6O12. The third-order valence-electron chi connectivity index (χ3n) is 16.2. The highest BCUT2D eigenvalue weighted by molar-refractivity contribution is 5.94. The van der Waals surface area contributed by atoms with E-state index in [2.05, 4.69) is 10.3 Å². The number of hydrogen-bond donors (Lipinski definition) is 2. The van der Waals surface area contributed by atoms with Crippen molar-refractivity contribution < 1.29 is 58.0 Å². The van der Waals surface area contributed by atoms with Crippen molar-refractivity contribution in [3.63, 3.8) is 0 Å². The highest BCUT2D eigenvalue weighted by atomic mass is 16.5. The van der Waals surface area contributed by atoms with Gasteiger partial charge in [0.05, 0.1) is 54.8 Å². The molecule has 2 bridgehead atoms. The molecule has 18 heteroatoms. The number of piperidine rings is 1. The van der Waals surface area contributed by atoms with Crippen LogP contribution in [0.25, 0.3) is 0 Å². The van der Waals surface area contributed by atoms with E-state index in [4.69, 9.17) is 14.6 Å². The van der Waals surface area contributed by atoms with Crippen molar-refractivity contribution in [2.45, 2.75) is 181 Å². The molecule has 1 saturated carbocycles. The number of carboxylic acids is 2. The molecule has 3 fully saturated rings. The summed E-state index contributed by atoms with van der Waals surface area (Å²) in [6.45, 7) is 12.1. The lowest BCUT2D eigenvalue weighted by atomic mass is 9.83. The fourth-order valence-electron chi connectivity index (χ4n) is 11.8. The summed E-state index contributed by atoms with van der Waals surface area (Å²) in [6, 6.07) is 7.59. The highest BCUT2D eigenvalue weighted by Gasteiger charge is 2.52. The van der Waals surface area contributed by atoms with Crippen molar-refractivity contribution in [3.05, 3.63) is 47.8 Å². The third kappa shape index (κ3) is 15.1. The van der Waals surface area contributed by atoms with Gasteiger partial charge >= 0.3 is 11.9 Å². The summed E-state index contributed by atoms with van der Waals surface area (Å²) in [5.74, 6) is -6.29. The number of amides is 3. The standard InChI is InChI=1S/C55H82N6O12/c1-10-34(4)51(47(72-8)31-49(66)60-25-14-18-43(60)53(73-9)36(6)45(63)29-39(55(70)71)27-37-16-12-11-13-17-37)58(7)54(69)42(33(2)3)30-46(64)52-38-20-22-41(28-38)61(52)48(65)19-15-24-59-32-40(56-57-59)21-23-44(62)35(5)26-50(67)68/h11-13,16-17,32-36,38-39,41-43,47,51-53H,10,14-15,18-31H2,1-9H3,(H,67,68)(H,70,71)/t34-,35?,36-,38-,39+,41+,42-,43-,47+,51-,52-,53+/m0/s1. The molecule has 3 heterocycles. The van der Waals surface area contributed by atoms with Gasteiger partial charge in [0.15, 0.2) is 5.78 Å². The molecule has 2 aliphatic heterocycles. The van der Waals surface area contributed by atoms with E-state index >= 15 is 0 Å². The third-order valence-corrected chi connectivity index (χ3v) is 16.2. The SMILES string of the molecule is CC[C@H](C)[C@@H]([C@@H](CC(=O)N1CCC[C@H]1[C@H](OC)[C@@H](C)C(=O)C[C@@H](Cc1ccccc1)C(=O)O)OC)N(C)C(=O)[C@@H](CC(=O)[C@@H]1[C@H]2CC[C@H](C2)N1C(=O)CCCn1cc(CCC(=O)C(C)CC(=O)O)nn1)C(C)C. The Balaban J connectivity index is 1.21. The molecule has 2 aromatic rings. The number of aryl methyl sites for hydroxylation is 2. The fraction of sp³-hybridized carbons (Fsp3) is 0.709. The molecule has 2 N–H and O–H groups in total. The first-order chi connectivity index (χ1) is 34.7. The van der Waals surface area contributed by atoms with Gasteiger partial charge in [0.1, 0.15) is 11.6 Å². The van der Waals surface area contributed by atoms with Crippen molar-refractivity contribution in [2.75, 3.05) is 27.8 Å². The molecule has 5 rings (SSSR count). The zero-order chi connectivity index (χ0) is 53.7. The molecule has 2 saturated heterocycles. The average molecular weight is 1020 g/mol. The molecule has 1 unspecified atom stereocenters. The fourth-order valence-corrected chi connectivity index (χ4v) is 11.8. The maximum atomic E-state index is 14.8. The van der Waals surface area contributed by atoms with Gasteiger partial charge in [-0.2, -0.15) is 0 Å². The molecule has 404 valence electrons. The second-order valence-electron chi connectivity index (χ2n) is 21.5. The topological polar surface area (TPSA) is 236 Å². The second-order valence-corrected chi connectivity index (χ2v) is 21.5. The van der Waals surface area contributed by atoms with Crippen molar-refractivity contribution in [3.8, 4) is 0 Å². The number of aliphatic carboxylic acids is 2. The second kappa shape index (κ2) is 27.3. The predicted molar refractivity (Wildman–Crippen MR) is 271 cm³/mol. The van der Waals surface area contributed by atoms with Crippen LogP contribution in [0.5, 0.6) is 0 Å². The molecule has 1 aliphatic carbocycles. The van der Waals surface area contributed by atoms with Crippen molar-refractivity contribution in [2.24, 2.45) is 41.4 Å². The summed E-state index contributed by atoms with van der Waals surface area (Å²) < 4.78 is 13.7. The maximum Gasteiger partial charge on any atom is 0.307 e. The Hall–Kier alpha value is -5.36. The largest absolute Gasteiger partial charge is 0.481 e. The minimum atomic E-state index is -1.05. The van der Waals surface area contributed by atoms with Crippen LogP contribution in [0, 0.1) is 41.4 Å². The summed E-state index contributed by atoms with van der Waals surface area (Å²) in [7, 11) is 4.77. The van der Waals surface area contributed by atoms with E-state index in [0.29, 0.717) is 50.9 Å². The molecular weight excluding hydrogens is 937 g/mol. The normalized spacial score (nSPS) is 21.8. The summed E-state index contributed by atoms with van der Waals surface area (Å²) in [6.07, 6.45) is 5.62. The van der Waals surface area contributed by atoms with Gasteiger partial charge in [0, 0.05) is 96.5 Å². The number of ether oxygens (including phenoxy) is 2. The number of hydrogen-bond acceptors (Lipinski definition) is 12. The van der Waals surface area contributed by atoms with Crippen LogP contribution in [0.1, 0.15) is 136 Å². The Morgan fingerprint density at radius 1 is 0.849 bits per heavy atom. The predicted octanol–water partition coefficient (Wildman–Crippen LogP) is 6.10. The van der Waals surface area contributed by atoms with Crippen LogP contribution in [-0.2, 0) is 67.2 Å². The van der Waals surface area contributed by atoms with Crippen LogP contribution in [0.15, 0.2) is 36.5 Å². The van der Waals surface area contributed by atoms with E-state index in [0.717, 1.165) is 24.8 Å². The smallest absolute Gasteiger partial charge is 0.307 e. The lowest BCUT2D eigenvalue weighted by molar-refractivity contribution is -0.150. The van der Waals surface area contributed by atoms with Gasteiger partial charge in [-0.1, -0.05) is 83.5 Å². The van der Waals surface area contributed by atoms with E-state index in [9.17, 15) is 43.5 Å². The number of Topliss-reactive ketones (excluding diaryl/α,β-unsaturated/α-hetero) is 3. The first-order valence-corrected chi connectivity index (χ1v) is 26.6. The van der Waals surface area contributed by atoms with Crippen molar-refractivity contribution >= 4 is 47.0 Å². The van der Waals surface area contributed by atoms with E-state index in [1.807, 2.05) is 58.0 Å². The van der Waals surface area contributed by atoms with Crippen molar-refractivity contribution in [1.82, 2.24) is 29.7 Å². The lowest BCUT2D eigenvalue weighted by Crippen LogP contribution is -2.54. The van der Waals surface area contributed by atoms with E-state index in [1.54, 1.807) is 46.5 Å². The number of aromatic nitrogens is 3. The Morgan fingerprint density at radius 2 is 1.56 bits per heavy atom. The molecule has 1 aromatic carbocycles. The van der Waals surface area contributed by atoms with Gasteiger partial charge in [0.2, 0.25) is 17.7 Å². The average Bonchev–Trinajstić information content (AvgIpc) is 4.20. The Bertz CT molecular complexity index is 2220. The van der Waals surface area contributed by atoms with E-state index < -0.39 is 65.9 Å². The van der Waals surface area contributed by atoms with Crippen LogP contribution in [-0.4, -0.2) is 151 Å². The van der Waals surface area contributed by atoms with E-state index in [-0.39, 0.29) is 104 Å². The number of carboxylic acid groups (broad SMARTS) is 2. The molecule has 3 amide bonds. The molecule has 18 nitrogen and oxygen atoms in total. The van der Waals surface area contributed by atoms with Gasteiger partial charge in [-0.25, -0.2) is 0 Å². The summed E-state index contributed by atoms with van der Waals surface area (Å²) in [5.41, 5.74) is 1.43. The van der Waals surface area contributed by atoms with Gasteiger partial charge < -0.3 is 34.4 Å². The maximum absolute atomic E-state index is 14.8. The quantitative estimate of drug-likeness (QED) is 0.0868. The number of likely N-dealkylation sites (tertiary alicyclic amines) is 2. The summed E-state index contributed by atoms with van der Waals surface area (Å²) in [4.78, 5) is 112. The first-order valence-electron chi connectivity index (χ1n) is 26.6. The zero-order valence-corrected chi connectivity index (χ0v) is 44.7. The van der Waals surface area contributed by atoms with Gasteiger partial charge in [0.25, 0.3) is 0 Å². The molecule has 12 atom stereocenters. The van der Waals surface area contributed by atoms with Crippen LogP contribution in [0.3, 0.4) is 0 Å². The minimum Gasteiger partial charge on any atom is -0.481 e. The monoisotopic (exact) mass is 1020 g/mol. The number of nitrogens with zero attached hydrogens (tertiary/aromatic N) is 6. The Labute approximate surface area is 431 Å². The minimum absolute atomic E-state index is 0.0205. The number of methoxy groups -OCH3 is 2. The van der Waals surface area contributed by atoms with Crippen LogP contribution < -0.4 is 0 Å². The van der Waals surface area contributed by atoms with Crippen molar-refractivity contribution in [1.29, 1.82) is 0 Å². The van der Waals surface area contributed by atoms with Gasteiger partial charge in [-0.05, 0) is 68.3 Å². The number of ketones is 3. The molecule has 73 heavy (non-hydrogen) atoms. The number of carbonyl (C=O) groups is 8. The Morgan fingerprint density at radius 3 is 2.19 bits per heavy atom. The van der Waals surface area contributed by atoms with Crippen LogP contribution in [0.2, 0.25) is 0 Å². The molecule has 3 aliphatic rings. The first kappa shape index (κ1) is 58.5. The molecule has 0 radical (unpaired) electrons.